The van der Waals surface area contributed by atoms with E-state index >= 15 is 0 Å². The largest absolute Gasteiger partial charge is 0.261 e. The van der Waals surface area contributed by atoms with Crippen molar-refractivity contribution in [3.8, 4) is 0 Å². The van der Waals surface area contributed by atoms with E-state index in [1.54, 1.807) is 7.05 Å². The van der Waals surface area contributed by atoms with Crippen molar-refractivity contribution >= 4 is 37.6 Å². The Balaban J connectivity index is 2.96. The van der Waals surface area contributed by atoms with E-state index in [0.29, 0.717) is 6.54 Å². The zero-order valence-electron chi connectivity index (χ0n) is 9.89. The molecule has 0 saturated heterocycles. The Kier molecular flexibility index (Phi) is 5.00. The third-order valence-electron chi connectivity index (χ3n) is 2.34. The van der Waals surface area contributed by atoms with Gasteiger partial charge >= 0.3 is 0 Å². The molecule has 0 aliphatic rings. The molecule has 0 spiro atoms. The number of sulfonamides is 1. The number of alkyl halides is 1. The molecule has 0 aliphatic heterocycles. The molecule has 0 radical (unpaired) electrons. The molecular formula is C9H15BrClN3O2S. The summed E-state index contributed by atoms with van der Waals surface area (Å²) in [6, 6.07) is 0. The third-order valence-corrected chi connectivity index (χ3v) is 5.16. The molecule has 5 nitrogen and oxygen atoms in total. The predicted molar refractivity (Wildman–Crippen MR) is 71.0 cm³/mol. The van der Waals surface area contributed by atoms with E-state index < -0.39 is 10.0 Å². The number of hydrogen-bond donors (Lipinski definition) is 0. The maximum absolute atomic E-state index is 12.2. The molecule has 1 heterocycles. The summed E-state index contributed by atoms with van der Waals surface area (Å²) >= 11 is 9.22. The van der Waals surface area contributed by atoms with Gasteiger partial charge in [-0.25, -0.2) is 8.42 Å². The van der Waals surface area contributed by atoms with Crippen LogP contribution in [0.25, 0.3) is 0 Å². The molecule has 1 aromatic rings. The van der Waals surface area contributed by atoms with Crippen LogP contribution in [-0.2, 0) is 17.1 Å². The number of halogens is 2. The maximum Gasteiger partial charge on any atom is 0.261 e. The predicted octanol–water partition coefficient (Wildman–Crippen LogP) is 1.87. The quantitative estimate of drug-likeness (QED) is 0.766. The Bertz CT molecular complexity index is 467. The van der Waals surface area contributed by atoms with Gasteiger partial charge in [0.05, 0.1) is 11.2 Å². The fourth-order valence-electron chi connectivity index (χ4n) is 1.32. The Labute approximate surface area is 115 Å². The summed E-state index contributed by atoms with van der Waals surface area (Å²) in [4.78, 5) is 0.266. The topological polar surface area (TPSA) is 55.2 Å². The van der Waals surface area contributed by atoms with E-state index in [1.165, 1.54) is 22.2 Å². The third kappa shape index (κ3) is 3.43. The summed E-state index contributed by atoms with van der Waals surface area (Å²) in [6.07, 6.45) is 2.06. The van der Waals surface area contributed by atoms with E-state index in [9.17, 15) is 8.42 Å². The van der Waals surface area contributed by atoms with E-state index in [-0.39, 0.29) is 14.9 Å². The molecule has 0 aromatic carbocycles. The number of aryl methyl sites for hydroxylation is 1. The van der Waals surface area contributed by atoms with Gasteiger partial charge in [0.25, 0.3) is 10.0 Å². The van der Waals surface area contributed by atoms with Crippen LogP contribution in [0.3, 0.4) is 0 Å². The van der Waals surface area contributed by atoms with E-state index in [1.807, 2.05) is 6.92 Å². The number of nitrogens with zero attached hydrogens (tertiary/aromatic N) is 3. The molecule has 1 rings (SSSR count). The van der Waals surface area contributed by atoms with Gasteiger partial charge in [0, 0.05) is 25.5 Å². The highest BCUT2D eigenvalue weighted by Gasteiger charge is 2.27. The van der Waals surface area contributed by atoms with Crippen LogP contribution in [-0.4, -0.2) is 40.9 Å². The van der Waals surface area contributed by atoms with Crippen molar-refractivity contribution in [1.29, 1.82) is 0 Å². The van der Waals surface area contributed by atoms with Crippen LogP contribution in [0.2, 0.25) is 5.02 Å². The first-order chi connectivity index (χ1) is 7.76. The Hall–Kier alpha value is -0.110. The summed E-state index contributed by atoms with van der Waals surface area (Å²) in [6.45, 7) is 2.40. The van der Waals surface area contributed by atoms with Gasteiger partial charge in [-0.2, -0.15) is 9.40 Å². The fourth-order valence-corrected chi connectivity index (χ4v) is 3.30. The molecular weight excluding hydrogens is 330 g/mol. The summed E-state index contributed by atoms with van der Waals surface area (Å²) in [7, 11) is -0.481. The maximum atomic E-state index is 12.2. The Morgan fingerprint density at radius 2 is 2.24 bits per heavy atom. The standard InChI is InChI=1S/C9H15BrClN3O2S/c1-7(10)4-5-13(2)17(15,16)9-8(11)6-12-14(9)3/h6-7H,4-5H2,1-3H3. The molecule has 0 aliphatic carbocycles. The highest BCUT2D eigenvalue weighted by molar-refractivity contribution is 9.09. The van der Waals surface area contributed by atoms with Gasteiger partial charge in [-0.3, -0.25) is 4.68 Å². The minimum Gasteiger partial charge on any atom is -0.255 e. The highest BCUT2D eigenvalue weighted by atomic mass is 79.9. The van der Waals surface area contributed by atoms with Gasteiger partial charge in [0.2, 0.25) is 0 Å². The van der Waals surface area contributed by atoms with Crippen LogP contribution < -0.4 is 0 Å². The monoisotopic (exact) mass is 343 g/mol. The van der Waals surface area contributed by atoms with Crippen LogP contribution in [0.5, 0.6) is 0 Å². The number of hydrogen-bond acceptors (Lipinski definition) is 3. The van der Waals surface area contributed by atoms with Crippen LogP contribution >= 0.6 is 27.5 Å². The molecule has 1 atom stereocenters. The van der Waals surface area contributed by atoms with E-state index in [4.69, 9.17) is 11.6 Å². The molecule has 0 fully saturated rings. The average molecular weight is 345 g/mol. The smallest absolute Gasteiger partial charge is 0.255 e. The lowest BCUT2D eigenvalue weighted by Gasteiger charge is -2.17. The summed E-state index contributed by atoms with van der Waals surface area (Å²) in [5.41, 5.74) is 0. The normalized spacial score (nSPS) is 14.2. The zero-order chi connectivity index (χ0) is 13.2. The summed E-state index contributed by atoms with van der Waals surface area (Å²) in [5, 5.41) is 4.01. The Morgan fingerprint density at radius 1 is 1.65 bits per heavy atom. The molecule has 0 amide bonds. The van der Waals surface area contributed by atoms with E-state index in [0.717, 1.165) is 6.42 Å². The lowest BCUT2D eigenvalue weighted by Crippen LogP contribution is -2.30. The molecule has 17 heavy (non-hydrogen) atoms. The first-order valence-corrected chi connectivity index (χ1v) is 7.78. The van der Waals surface area contributed by atoms with Crippen LogP contribution in [0.1, 0.15) is 13.3 Å². The van der Waals surface area contributed by atoms with Crippen molar-refractivity contribution in [1.82, 2.24) is 14.1 Å². The van der Waals surface area contributed by atoms with Crippen molar-refractivity contribution < 1.29 is 8.42 Å². The van der Waals surface area contributed by atoms with Gasteiger partial charge in [-0.15, -0.1) is 0 Å². The lowest BCUT2D eigenvalue weighted by molar-refractivity contribution is 0.454. The lowest BCUT2D eigenvalue weighted by atomic mass is 10.3. The summed E-state index contributed by atoms with van der Waals surface area (Å²) in [5.74, 6) is 0. The molecule has 8 heteroatoms. The molecule has 1 aromatic heterocycles. The first-order valence-electron chi connectivity index (χ1n) is 5.04. The molecule has 0 bridgehead atoms. The second-order valence-electron chi connectivity index (χ2n) is 3.82. The van der Waals surface area contributed by atoms with Crippen LogP contribution in [0, 0.1) is 0 Å². The van der Waals surface area contributed by atoms with Gasteiger partial charge < -0.3 is 0 Å². The molecule has 1 unspecified atom stereocenters. The Morgan fingerprint density at radius 3 is 2.65 bits per heavy atom. The fraction of sp³-hybridized carbons (Fsp3) is 0.667. The molecule has 98 valence electrons. The van der Waals surface area contributed by atoms with Crippen molar-refractivity contribution in [3.05, 3.63) is 11.2 Å². The first kappa shape index (κ1) is 14.9. The van der Waals surface area contributed by atoms with Crippen molar-refractivity contribution in [2.75, 3.05) is 13.6 Å². The highest BCUT2D eigenvalue weighted by Crippen LogP contribution is 2.23. The van der Waals surface area contributed by atoms with Gasteiger partial charge in [-0.1, -0.05) is 34.5 Å². The van der Waals surface area contributed by atoms with Crippen LogP contribution in [0.4, 0.5) is 0 Å². The number of aromatic nitrogens is 2. The van der Waals surface area contributed by atoms with Crippen molar-refractivity contribution in [3.63, 3.8) is 0 Å². The zero-order valence-corrected chi connectivity index (χ0v) is 13.0. The average Bonchev–Trinajstić information content (AvgIpc) is 2.55. The minimum atomic E-state index is -3.57. The minimum absolute atomic E-state index is 0.0314. The molecule has 0 N–H and O–H groups in total. The second kappa shape index (κ2) is 5.69. The molecule has 0 saturated carbocycles. The van der Waals surface area contributed by atoms with Gasteiger partial charge in [-0.05, 0) is 6.42 Å². The second-order valence-corrected chi connectivity index (χ2v) is 7.75. The van der Waals surface area contributed by atoms with E-state index in [2.05, 4.69) is 21.0 Å². The van der Waals surface area contributed by atoms with Crippen LogP contribution in [0.15, 0.2) is 11.2 Å². The van der Waals surface area contributed by atoms with Gasteiger partial charge in [0.15, 0.2) is 5.03 Å². The van der Waals surface area contributed by atoms with Crippen molar-refractivity contribution in [2.45, 2.75) is 23.2 Å². The van der Waals surface area contributed by atoms with Gasteiger partial charge in [0.1, 0.15) is 0 Å². The van der Waals surface area contributed by atoms with Crippen molar-refractivity contribution in [2.24, 2.45) is 7.05 Å². The SMILES string of the molecule is CC(Br)CCN(C)S(=O)(=O)c1c(Cl)cnn1C. The summed E-state index contributed by atoms with van der Waals surface area (Å²) < 4.78 is 27.0. The number of rotatable bonds is 5.